The SMILES string of the molecule is CCN1CCCC(Nc2ccccc2NC(=O)OC(C)(C)C)CC1. The number of rotatable bonds is 4. The maximum absolute atomic E-state index is 12.0. The number of para-hydroxylation sites is 2. The minimum Gasteiger partial charge on any atom is -0.444 e. The highest BCUT2D eigenvalue weighted by Crippen LogP contribution is 2.25. The molecule has 1 aliphatic heterocycles. The number of nitrogens with zero attached hydrogens (tertiary/aromatic N) is 1. The Labute approximate surface area is 145 Å². The topological polar surface area (TPSA) is 53.6 Å². The summed E-state index contributed by atoms with van der Waals surface area (Å²) >= 11 is 0. The average molecular weight is 333 g/mol. The van der Waals surface area contributed by atoms with Crippen molar-refractivity contribution in [3.63, 3.8) is 0 Å². The molecule has 2 N–H and O–H groups in total. The zero-order chi connectivity index (χ0) is 17.6. The van der Waals surface area contributed by atoms with Crippen LogP contribution in [0.5, 0.6) is 0 Å². The van der Waals surface area contributed by atoms with Crippen LogP contribution < -0.4 is 10.6 Å². The van der Waals surface area contributed by atoms with E-state index in [9.17, 15) is 4.79 Å². The van der Waals surface area contributed by atoms with Gasteiger partial charge in [0.05, 0.1) is 11.4 Å². The van der Waals surface area contributed by atoms with Crippen molar-refractivity contribution in [2.45, 2.75) is 58.6 Å². The summed E-state index contributed by atoms with van der Waals surface area (Å²) in [5, 5.41) is 6.46. The molecule has 1 aromatic rings. The Bertz CT molecular complexity index is 540. The minimum absolute atomic E-state index is 0.422. The molecule has 0 radical (unpaired) electrons. The van der Waals surface area contributed by atoms with E-state index in [-0.39, 0.29) is 0 Å². The van der Waals surface area contributed by atoms with Crippen molar-refractivity contribution in [2.75, 3.05) is 30.3 Å². The third-order valence-corrected chi connectivity index (χ3v) is 4.19. The molecule has 5 heteroatoms. The highest BCUT2D eigenvalue weighted by Gasteiger charge is 2.19. The van der Waals surface area contributed by atoms with Crippen LogP contribution in [0, 0.1) is 0 Å². The molecule has 1 fully saturated rings. The standard InChI is InChI=1S/C19H31N3O2/c1-5-22-13-8-9-15(12-14-22)20-16-10-6-7-11-17(16)21-18(23)24-19(2,3)4/h6-7,10-11,15,20H,5,8-9,12-14H2,1-4H3,(H,21,23). The molecule has 0 bridgehead atoms. The third-order valence-electron chi connectivity index (χ3n) is 4.19. The van der Waals surface area contributed by atoms with Gasteiger partial charge < -0.3 is 15.0 Å². The normalized spacial score (nSPS) is 19.4. The van der Waals surface area contributed by atoms with Crippen LogP contribution in [0.3, 0.4) is 0 Å². The summed E-state index contributed by atoms with van der Waals surface area (Å²) in [6.07, 6.45) is 3.05. The molecule has 1 atom stereocenters. The first-order chi connectivity index (χ1) is 11.4. The van der Waals surface area contributed by atoms with Gasteiger partial charge in [0.25, 0.3) is 0 Å². The second kappa shape index (κ2) is 8.38. The van der Waals surface area contributed by atoms with Gasteiger partial charge in [-0.05, 0) is 65.3 Å². The van der Waals surface area contributed by atoms with Gasteiger partial charge in [0.2, 0.25) is 0 Å². The highest BCUT2D eigenvalue weighted by molar-refractivity contribution is 5.89. The van der Waals surface area contributed by atoms with Crippen LogP contribution in [0.25, 0.3) is 0 Å². The molecule has 134 valence electrons. The Morgan fingerprint density at radius 2 is 1.92 bits per heavy atom. The van der Waals surface area contributed by atoms with E-state index in [1.54, 1.807) is 0 Å². The average Bonchev–Trinajstić information content (AvgIpc) is 2.72. The van der Waals surface area contributed by atoms with Crippen molar-refractivity contribution in [3.05, 3.63) is 24.3 Å². The van der Waals surface area contributed by atoms with E-state index in [1.807, 2.05) is 45.0 Å². The highest BCUT2D eigenvalue weighted by atomic mass is 16.6. The number of hydrogen-bond donors (Lipinski definition) is 2. The van der Waals surface area contributed by atoms with Gasteiger partial charge in [-0.1, -0.05) is 19.1 Å². The monoisotopic (exact) mass is 333 g/mol. The molecule has 0 aliphatic carbocycles. The van der Waals surface area contributed by atoms with Gasteiger partial charge in [0.1, 0.15) is 5.60 Å². The lowest BCUT2D eigenvalue weighted by Crippen LogP contribution is -2.28. The summed E-state index contributed by atoms with van der Waals surface area (Å²) in [4.78, 5) is 14.5. The summed E-state index contributed by atoms with van der Waals surface area (Å²) in [6.45, 7) is 11.2. The summed E-state index contributed by atoms with van der Waals surface area (Å²) in [6, 6.07) is 8.25. The van der Waals surface area contributed by atoms with Gasteiger partial charge >= 0.3 is 6.09 Å². The largest absolute Gasteiger partial charge is 0.444 e. The fraction of sp³-hybridized carbons (Fsp3) is 0.632. The van der Waals surface area contributed by atoms with Gasteiger partial charge in [-0.2, -0.15) is 0 Å². The van der Waals surface area contributed by atoms with Crippen LogP contribution in [-0.2, 0) is 4.74 Å². The fourth-order valence-electron chi connectivity index (χ4n) is 2.97. The van der Waals surface area contributed by atoms with E-state index in [2.05, 4.69) is 22.5 Å². The number of hydrogen-bond acceptors (Lipinski definition) is 4. The van der Waals surface area contributed by atoms with E-state index in [1.165, 1.54) is 13.0 Å². The minimum atomic E-state index is -0.503. The molecule has 5 nitrogen and oxygen atoms in total. The number of carbonyl (C=O) groups excluding carboxylic acids is 1. The summed E-state index contributed by atoms with van der Waals surface area (Å²) < 4.78 is 5.35. The van der Waals surface area contributed by atoms with Crippen molar-refractivity contribution in [3.8, 4) is 0 Å². The Balaban J connectivity index is 1.99. The maximum Gasteiger partial charge on any atom is 0.412 e. The molecule has 1 aliphatic rings. The van der Waals surface area contributed by atoms with Gasteiger partial charge in [-0.15, -0.1) is 0 Å². The second-order valence-corrected chi connectivity index (χ2v) is 7.38. The number of carbonyl (C=O) groups is 1. The van der Waals surface area contributed by atoms with Crippen LogP contribution in [0.1, 0.15) is 47.0 Å². The first-order valence-electron chi connectivity index (χ1n) is 8.95. The van der Waals surface area contributed by atoms with Gasteiger partial charge in [0.15, 0.2) is 0 Å². The Morgan fingerprint density at radius 1 is 1.21 bits per heavy atom. The van der Waals surface area contributed by atoms with Crippen LogP contribution in [0.15, 0.2) is 24.3 Å². The fourth-order valence-corrected chi connectivity index (χ4v) is 2.97. The first-order valence-corrected chi connectivity index (χ1v) is 8.95. The van der Waals surface area contributed by atoms with E-state index in [0.29, 0.717) is 6.04 Å². The van der Waals surface area contributed by atoms with Crippen LogP contribution in [0.2, 0.25) is 0 Å². The number of ether oxygens (including phenoxy) is 1. The third kappa shape index (κ3) is 6.04. The molecule has 0 spiro atoms. The number of anilines is 2. The molecule has 1 unspecified atom stereocenters. The van der Waals surface area contributed by atoms with Crippen LogP contribution in [0.4, 0.5) is 16.2 Å². The van der Waals surface area contributed by atoms with Crippen molar-refractivity contribution in [1.82, 2.24) is 4.90 Å². The molecule has 2 rings (SSSR count). The molecule has 24 heavy (non-hydrogen) atoms. The quantitative estimate of drug-likeness (QED) is 0.861. The number of amides is 1. The Hall–Kier alpha value is -1.75. The molecule has 1 saturated heterocycles. The number of likely N-dealkylation sites (tertiary alicyclic amines) is 1. The zero-order valence-corrected chi connectivity index (χ0v) is 15.4. The van der Waals surface area contributed by atoms with Gasteiger partial charge in [-0.25, -0.2) is 4.79 Å². The van der Waals surface area contributed by atoms with E-state index >= 15 is 0 Å². The van der Waals surface area contributed by atoms with Crippen molar-refractivity contribution in [2.24, 2.45) is 0 Å². The van der Waals surface area contributed by atoms with Gasteiger partial charge in [0, 0.05) is 12.6 Å². The molecule has 0 saturated carbocycles. The lowest BCUT2D eigenvalue weighted by Gasteiger charge is -2.23. The Kier molecular flexibility index (Phi) is 6.49. The van der Waals surface area contributed by atoms with Crippen molar-refractivity contribution in [1.29, 1.82) is 0 Å². The van der Waals surface area contributed by atoms with Crippen molar-refractivity contribution < 1.29 is 9.53 Å². The van der Waals surface area contributed by atoms with Gasteiger partial charge in [-0.3, -0.25) is 5.32 Å². The van der Waals surface area contributed by atoms with E-state index in [4.69, 9.17) is 4.74 Å². The summed E-state index contributed by atoms with van der Waals surface area (Å²) in [5.74, 6) is 0. The van der Waals surface area contributed by atoms with E-state index in [0.717, 1.165) is 37.3 Å². The molecular formula is C19H31N3O2. The van der Waals surface area contributed by atoms with E-state index < -0.39 is 11.7 Å². The van der Waals surface area contributed by atoms with Crippen LogP contribution in [-0.4, -0.2) is 42.3 Å². The Morgan fingerprint density at radius 3 is 2.58 bits per heavy atom. The molecular weight excluding hydrogens is 302 g/mol. The summed E-state index contributed by atoms with van der Waals surface area (Å²) in [7, 11) is 0. The van der Waals surface area contributed by atoms with Crippen molar-refractivity contribution >= 4 is 17.5 Å². The number of benzene rings is 1. The summed E-state index contributed by atoms with van der Waals surface area (Å²) in [5.41, 5.74) is 1.22. The second-order valence-electron chi connectivity index (χ2n) is 7.38. The molecule has 1 heterocycles. The molecule has 0 aromatic heterocycles. The zero-order valence-electron chi connectivity index (χ0n) is 15.4. The first kappa shape index (κ1) is 18.6. The predicted octanol–water partition coefficient (Wildman–Crippen LogP) is 4.32. The maximum atomic E-state index is 12.0. The lowest BCUT2D eigenvalue weighted by atomic mass is 10.1. The predicted molar refractivity (Wildman–Crippen MR) is 99.7 cm³/mol. The lowest BCUT2D eigenvalue weighted by molar-refractivity contribution is 0.0636. The molecule has 1 aromatic carbocycles. The number of nitrogens with one attached hydrogen (secondary N) is 2. The van der Waals surface area contributed by atoms with Crippen LogP contribution >= 0.6 is 0 Å². The molecule has 1 amide bonds. The smallest absolute Gasteiger partial charge is 0.412 e.